The zero-order valence-corrected chi connectivity index (χ0v) is 9.79. The average Bonchev–Trinajstić information content (AvgIpc) is 2.59. The van der Waals surface area contributed by atoms with Gasteiger partial charge in [-0.1, -0.05) is 0 Å². The second kappa shape index (κ2) is 4.79. The molecule has 3 nitrogen and oxygen atoms in total. The summed E-state index contributed by atoms with van der Waals surface area (Å²) in [5, 5.41) is 3.47. The summed E-state index contributed by atoms with van der Waals surface area (Å²) < 4.78 is 2.28. The molecule has 1 atom stereocenters. The van der Waals surface area contributed by atoms with E-state index >= 15 is 0 Å². The number of imidazole rings is 1. The molecule has 1 fully saturated rings. The molecule has 0 amide bonds. The predicted octanol–water partition coefficient (Wildman–Crippen LogP) is 1.89. The van der Waals surface area contributed by atoms with Crippen molar-refractivity contribution in [3.8, 4) is 0 Å². The van der Waals surface area contributed by atoms with Gasteiger partial charge in [-0.3, -0.25) is 0 Å². The van der Waals surface area contributed by atoms with E-state index in [0.717, 1.165) is 18.2 Å². The lowest BCUT2D eigenvalue weighted by Crippen LogP contribution is -2.30. The third-order valence-corrected chi connectivity index (χ3v) is 3.52. The fourth-order valence-electron chi connectivity index (χ4n) is 2.26. The molecular weight excluding hydrogens is 186 g/mol. The molecule has 84 valence electrons. The highest BCUT2D eigenvalue weighted by Gasteiger charge is 2.13. The molecule has 2 rings (SSSR count). The minimum absolute atomic E-state index is 0.862. The monoisotopic (exact) mass is 207 g/mol. The van der Waals surface area contributed by atoms with Gasteiger partial charge in [0.1, 0.15) is 0 Å². The number of hydrogen-bond donors (Lipinski definition) is 1. The number of piperidine rings is 1. The van der Waals surface area contributed by atoms with Crippen LogP contribution < -0.4 is 5.32 Å². The van der Waals surface area contributed by atoms with Crippen molar-refractivity contribution in [2.75, 3.05) is 13.1 Å². The van der Waals surface area contributed by atoms with E-state index in [1.165, 1.54) is 38.0 Å². The molecule has 1 aliphatic rings. The topological polar surface area (TPSA) is 29.9 Å². The summed E-state index contributed by atoms with van der Waals surface area (Å²) in [6.45, 7) is 7.76. The second-order valence-electron chi connectivity index (χ2n) is 4.61. The van der Waals surface area contributed by atoms with E-state index in [-0.39, 0.29) is 0 Å². The van der Waals surface area contributed by atoms with Gasteiger partial charge in [0.2, 0.25) is 0 Å². The summed E-state index contributed by atoms with van der Waals surface area (Å²) in [6, 6.07) is 0. The van der Waals surface area contributed by atoms with Crippen LogP contribution >= 0.6 is 0 Å². The first kappa shape index (κ1) is 10.7. The fraction of sp³-hybridized carbons (Fsp3) is 0.750. The maximum Gasteiger partial charge on any atom is 0.0951 e. The smallest absolute Gasteiger partial charge is 0.0951 e. The third-order valence-electron chi connectivity index (χ3n) is 3.52. The van der Waals surface area contributed by atoms with Crippen LogP contribution in [0.1, 0.15) is 30.7 Å². The Hall–Kier alpha value is -0.830. The zero-order chi connectivity index (χ0) is 10.7. The Labute approximate surface area is 91.9 Å². The van der Waals surface area contributed by atoms with E-state index in [1.54, 1.807) is 0 Å². The van der Waals surface area contributed by atoms with Crippen molar-refractivity contribution in [2.24, 2.45) is 5.92 Å². The number of aromatic nitrogens is 2. The fourth-order valence-corrected chi connectivity index (χ4v) is 2.26. The van der Waals surface area contributed by atoms with Gasteiger partial charge in [0.15, 0.2) is 0 Å². The van der Waals surface area contributed by atoms with Gasteiger partial charge < -0.3 is 9.88 Å². The summed E-state index contributed by atoms with van der Waals surface area (Å²) in [7, 11) is 0. The molecule has 3 heteroatoms. The van der Waals surface area contributed by atoms with Crippen LogP contribution in [0.3, 0.4) is 0 Å². The van der Waals surface area contributed by atoms with Gasteiger partial charge >= 0.3 is 0 Å². The highest BCUT2D eigenvalue weighted by molar-refractivity contribution is 5.08. The van der Waals surface area contributed by atoms with Crippen molar-refractivity contribution < 1.29 is 0 Å². The first-order chi connectivity index (χ1) is 7.27. The Balaban J connectivity index is 1.84. The normalized spacial score (nSPS) is 21.9. The first-order valence-electron chi connectivity index (χ1n) is 5.96. The van der Waals surface area contributed by atoms with Crippen LogP contribution in [-0.4, -0.2) is 22.6 Å². The molecule has 1 aromatic heterocycles. The summed E-state index contributed by atoms with van der Waals surface area (Å²) >= 11 is 0. The van der Waals surface area contributed by atoms with Gasteiger partial charge in [-0.2, -0.15) is 0 Å². The third kappa shape index (κ3) is 2.59. The number of aryl methyl sites for hydroxylation is 2. The maximum atomic E-state index is 4.33. The molecule has 0 bridgehead atoms. The van der Waals surface area contributed by atoms with Crippen LogP contribution in [0.5, 0.6) is 0 Å². The number of nitrogens with one attached hydrogen (secondary N) is 1. The van der Waals surface area contributed by atoms with Gasteiger partial charge in [-0.25, -0.2) is 4.98 Å². The van der Waals surface area contributed by atoms with Crippen molar-refractivity contribution >= 4 is 0 Å². The van der Waals surface area contributed by atoms with Gasteiger partial charge in [0, 0.05) is 12.2 Å². The van der Waals surface area contributed by atoms with E-state index in [9.17, 15) is 0 Å². The van der Waals surface area contributed by atoms with Crippen LogP contribution in [0, 0.1) is 19.8 Å². The Morgan fingerprint density at radius 2 is 2.40 bits per heavy atom. The number of rotatable bonds is 3. The van der Waals surface area contributed by atoms with Gasteiger partial charge in [0.25, 0.3) is 0 Å². The predicted molar refractivity (Wildman–Crippen MR) is 61.9 cm³/mol. The summed E-state index contributed by atoms with van der Waals surface area (Å²) in [5.74, 6) is 0.862. The Morgan fingerprint density at radius 1 is 1.53 bits per heavy atom. The molecule has 0 radical (unpaired) electrons. The lowest BCUT2D eigenvalue weighted by atomic mass is 9.96. The number of nitrogens with zero attached hydrogens (tertiary/aromatic N) is 2. The highest BCUT2D eigenvalue weighted by Crippen LogP contribution is 2.16. The van der Waals surface area contributed by atoms with Gasteiger partial charge in [-0.05, 0) is 52.1 Å². The molecule has 0 aliphatic carbocycles. The molecule has 0 saturated carbocycles. The molecule has 2 heterocycles. The minimum Gasteiger partial charge on any atom is -0.335 e. The maximum absolute atomic E-state index is 4.33. The molecule has 0 spiro atoms. The van der Waals surface area contributed by atoms with Crippen molar-refractivity contribution in [1.82, 2.24) is 14.9 Å². The van der Waals surface area contributed by atoms with Gasteiger partial charge in [-0.15, -0.1) is 0 Å². The Bertz CT molecular complexity index is 311. The molecule has 15 heavy (non-hydrogen) atoms. The first-order valence-corrected chi connectivity index (χ1v) is 5.96. The van der Waals surface area contributed by atoms with E-state index in [1.807, 2.05) is 6.33 Å². The number of hydrogen-bond acceptors (Lipinski definition) is 2. The van der Waals surface area contributed by atoms with Gasteiger partial charge in [0.05, 0.1) is 12.0 Å². The molecule has 0 aromatic carbocycles. The lowest BCUT2D eigenvalue weighted by molar-refractivity contribution is 0.341. The molecule has 1 saturated heterocycles. The molecule has 1 aliphatic heterocycles. The highest BCUT2D eigenvalue weighted by atomic mass is 15.0. The van der Waals surface area contributed by atoms with Crippen molar-refractivity contribution in [2.45, 2.75) is 39.7 Å². The van der Waals surface area contributed by atoms with E-state index in [0.29, 0.717) is 0 Å². The Kier molecular flexibility index (Phi) is 3.41. The van der Waals surface area contributed by atoms with Crippen LogP contribution in [0.15, 0.2) is 6.33 Å². The van der Waals surface area contributed by atoms with Crippen LogP contribution in [-0.2, 0) is 6.54 Å². The summed E-state index contributed by atoms with van der Waals surface area (Å²) in [5.41, 5.74) is 2.48. The largest absolute Gasteiger partial charge is 0.335 e. The zero-order valence-electron chi connectivity index (χ0n) is 9.79. The average molecular weight is 207 g/mol. The SMILES string of the molecule is Cc1ncn(CCC2CCCNC2)c1C. The standard InChI is InChI=1S/C12H21N3/c1-10-11(2)15(9-14-10)7-5-12-4-3-6-13-8-12/h9,12-13H,3-8H2,1-2H3. The van der Waals surface area contributed by atoms with Crippen molar-refractivity contribution in [3.63, 3.8) is 0 Å². The molecular formula is C12H21N3. The van der Waals surface area contributed by atoms with Crippen LogP contribution in [0.2, 0.25) is 0 Å². The minimum atomic E-state index is 0.862. The molecule has 1 N–H and O–H groups in total. The second-order valence-corrected chi connectivity index (χ2v) is 4.61. The quantitative estimate of drug-likeness (QED) is 0.820. The lowest BCUT2D eigenvalue weighted by Gasteiger charge is -2.22. The van der Waals surface area contributed by atoms with E-state index in [2.05, 4.69) is 28.7 Å². The van der Waals surface area contributed by atoms with E-state index in [4.69, 9.17) is 0 Å². The van der Waals surface area contributed by atoms with Crippen molar-refractivity contribution in [1.29, 1.82) is 0 Å². The summed E-state index contributed by atoms with van der Waals surface area (Å²) in [4.78, 5) is 4.33. The van der Waals surface area contributed by atoms with Crippen LogP contribution in [0.4, 0.5) is 0 Å². The van der Waals surface area contributed by atoms with E-state index < -0.39 is 0 Å². The summed E-state index contributed by atoms with van der Waals surface area (Å²) in [6.07, 6.45) is 5.98. The molecule has 1 unspecified atom stereocenters. The van der Waals surface area contributed by atoms with Crippen molar-refractivity contribution in [3.05, 3.63) is 17.7 Å². The molecule has 1 aromatic rings. The Morgan fingerprint density at radius 3 is 3.00 bits per heavy atom. The van der Waals surface area contributed by atoms with Crippen LogP contribution in [0.25, 0.3) is 0 Å².